The summed E-state index contributed by atoms with van der Waals surface area (Å²) in [5, 5.41) is 1.93. The molecule has 6 heteroatoms. The van der Waals surface area contributed by atoms with Crippen LogP contribution < -0.4 is 5.73 Å². The van der Waals surface area contributed by atoms with Crippen molar-refractivity contribution in [2.75, 3.05) is 12.8 Å². The molecule has 0 saturated heterocycles. The molecule has 0 atom stereocenters. The molecule has 0 aliphatic heterocycles. The predicted octanol–water partition coefficient (Wildman–Crippen LogP) is 2.46. The monoisotopic (exact) mass is 296 g/mol. The fraction of sp³-hybridized carbons (Fsp3) is 0.231. The summed E-state index contributed by atoms with van der Waals surface area (Å²) in [5.41, 5.74) is 6.86. The van der Waals surface area contributed by atoms with Crippen molar-refractivity contribution in [3.63, 3.8) is 0 Å². The Balaban J connectivity index is 2.34. The molecule has 19 heavy (non-hydrogen) atoms. The third kappa shape index (κ3) is 2.80. The summed E-state index contributed by atoms with van der Waals surface area (Å²) >= 11 is 1.54. The van der Waals surface area contributed by atoms with Crippen LogP contribution in [0.15, 0.2) is 40.6 Å². The highest BCUT2D eigenvalue weighted by Gasteiger charge is 2.23. The van der Waals surface area contributed by atoms with E-state index < -0.39 is 10.0 Å². The quantitative estimate of drug-likeness (QED) is 0.882. The van der Waals surface area contributed by atoms with Crippen molar-refractivity contribution in [2.24, 2.45) is 0 Å². The van der Waals surface area contributed by atoms with Gasteiger partial charge in [-0.1, -0.05) is 12.1 Å². The summed E-state index contributed by atoms with van der Waals surface area (Å²) in [7, 11) is -1.93. The van der Waals surface area contributed by atoms with E-state index in [4.69, 9.17) is 5.73 Å². The summed E-state index contributed by atoms with van der Waals surface area (Å²) in [6.45, 7) is 2.09. The number of thiophene rings is 1. The molecule has 1 aromatic carbocycles. The van der Waals surface area contributed by atoms with Crippen molar-refractivity contribution >= 4 is 27.0 Å². The zero-order chi connectivity index (χ0) is 14.0. The molecule has 1 heterocycles. The molecule has 0 aliphatic carbocycles. The number of benzene rings is 1. The minimum absolute atomic E-state index is 0.270. The Bertz CT molecular complexity index is 664. The maximum Gasteiger partial charge on any atom is 0.243 e. The van der Waals surface area contributed by atoms with Gasteiger partial charge in [-0.15, -0.1) is 11.3 Å². The molecule has 0 radical (unpaired) electrons. The maximum absolute atomic E-state index is 12.5. The number of hydrogen-bond donors (Lipinski definition) is 1. The Morgan fingerprint density at radius 3 is 2.63 bits per heavy atom. The van der Waals surface area contributed by atoms with E-state index in [0.717, 1.165) is 4.88 Å². The SMILES string of the molecule is Cc1c(N)cccc1S(=O)(=O)N(C)Cc1cccs1. The summed E-state index contributed by atoms with van der Waals surface area (Å²) in [5.74, 6) is 0. The highest BCUT2D eigenvalue weighted by Crippen LogP contribution is 2.24. The van der Waals surface area contributed by atoms with Crippen LogP contribution in [0.25, 0.3) is 0 Å². The Labute approximate surface area is 117 Å². The Morgan fingerprint density at radius 2 is 2.00 bits per heavy atom. The molecule has 0 amide bonds. The lowest BCUT2D eigenvalue weighted by atomic mass is 10.2. The largest absolute Gasteiger partial charge is 0.398 e. The van der Waals surface area contributed by atoms with Gasteiger partial charge in [0.1, 0.15) is 0 Å². The van der Waals surface area contributed by atoms with Crippen LogP contribution in [0.4, 0.5) is 5.69 Å². The molecule has 0 spiro atoms. The average molecular weight is 296 g/mol. The molecule has 2 N–H and O–H groups in total. The number of anilines is 1. The zero-order valence-electron chi connectivity index (χ0n) is 10.8. The number of nitrogen functional groups attached to an aromatic ring is 1. The van der Waals surface area contributed by atoms with Gasteiger partial charge in [0.15, 0.2) is 0 Å². The minimum Gasteiger partial charge on any atom is -0.398 e. The van der Waals surface area contributed by atoms with Gasteiger partial charge in [-0.05, 0) is 36.1 Å². The fourth-order valence-corrected chi connectivity index (χ4v) is 4.02. The third-order valence-corrected chi connectivity index (χ3v) is 5.78. The highest BCUT2D eigenvalue weighted by atomic mass is 32.2. The van der Waals surface area contributed by atoms with Crippen molar-refractivity contribution in [1.82, 2.24) is 4.31 Å². The Morgan fingerprint density at radius 1 is 1.26 bits per heavy atom. The molecule has 2 rings (SSSR count). The molecule has 0 bridgehead atoms. The summed E-state index contributed by atoms with van der Waals surface area (Å²) < 4.78 is 26.4. The highest BCUT2D eigenvalue weighted by molar-refractivity contribution is 7.89. The van der Waals surface area contributed by atoms with E-state index in [1.807, 2.05) is 17.5 Å². The molecule has 0 saturated carbocycles. The number of hydrogen-bond acceptors (Lipinski definition) is 4. The number of sulfonamides is 1. The van der Waals surface area contributed by atoms with E-state index in [2.05, 4.69) is 0 Å². The van der Waals surface area contributed by atoms with Gasteiger partial charge in [-0.2, -0.15) is 4.31 Å². The van der Waals surface area contributed by atoms with Crippen LogP contribution in [0.3, 0.4) is 0 Å². The van der Waals surface area contributed by atoms with Crippen molar-refractivity contribution in [3.8, 4) is 0 Å². The van der Waals surface area contributed by atoms with Gasteiger partial charge < -0.3 is 5.73 Å². The van der Waals surface area contributed by atoms with E-state index >= 15 is 0 Å². The van der Waals surface area contributed by atoms with Gasteiger partial charge in [0.05, 0.1) is 4.90 Å². The molecule has 4 nitrogen and oxygen atoms in total. The van der Waals surface area contributed by atoms with E-state index in [9.17, 15) is 8.42 Å². The van der Waals surface area contributed by atoms with Gasteiger partial charge in [0.2, 0.25) is 10.0 Å². The lowest BCUT2D eigenvalue weighted by Gasteiger charge is -2.18. The summed E-state index contributed by atoms with van der Waals surface area (Å²) in [6.07, 6.45) is 0. The van der Waals surface area contributed by atoms with Crippen molar-refractivity contribution in [3.05, 3.63) is 46.2 Å². The van der Waals surface area contributed by atoms with Crippen LogP contribution in [0.1, 0.15) is 10.4 Å². The smallest absolute Gasteiger partial charge is 0.243 e. The predicted molar refractivity (Wildman–Crippen MR) is 78.6 cm³/mol. The maximum atomic E-state index is 12.5. The minimum atomic E-state index is -3.51. The molecule has 102 valence electrons. The van der Waals surface area contributed by atoms with Gasteiger partial charge in [-0.25, -0.2) is 8.42 Å². The summed E-state index contributed by atoms with van der Waals surface area (Å²) in [4.78, 5) is 1.28. The van der Waals surface area contributed by atoms with E-state index in [0.29, 0.717) is 17.8 Å². The van der Waals surface area contributed by atoms with Gasteiger partial charge >= 0.3 is 0 Å². The number of nitrogens with zero attached hydrogens (tertiary/aromatic N) is 1. The second-order valence-corrected chi connectivity index (χ2v) is 7.36. The number of nitrogens with two attached hydrogens (primary N) is 1. The molecule has 0 fully saturated rings. The fourth-order valence-electron chi connectivity index (χ4n) is 1.79. The molecular formula is C13H16N2O2S2. The van der Waals surface area contributed by atoms with E-state index in [1.54, 1.807) is 32.2 Å². The molecule has 0 aliphatic rings. The molecule has 0 unspecified atom stereocenters. The van der Waals surface area contributed by atoms with Crippen LogP contribution in [-0.4, -0.2) is 19.8 Å². The zero-order valence-corrected chi connectivity index (χ0v) is 12.5. The van der Waals surface area contributed by atoms with E-state index in [1.165, 1.54) is 15.6 Å². The van der Waals surface area contributed by atoms with Crippen LogP contribution in [0, 0.1) is 6.92 Å². The average Bonchev–Trinajstić information content (AvgIpc) is 2.85. The van der Waals surface area contributed by atoms with Crippen molar-refractivity contribution in [2.45, 2.75) is 18.4 Å². The first-order valence-corrected chi connectivity index (χ1v) is 8.08. The lowest BCUT2D eigenvalue weighted by Crippen LogP contribution is -2.27. The third-order valence-electron chi connectivity index (χ3n) is 2.97. The van der Waals surface area contributed by atoms with Gasteiger partial charge in [0.25, 0.3) is 0 Å². The van der Waals surface area contributed by atoms with Crippen LogP contribution in [-0.2, 0) is 16.6 Å². The number of rotatable bonds is 4. The van der Waals surface area contributed by atoms with Crippen molar-refractivity contribution < 1.29 is 8.42 Å². The Kier molecular flexibility index (Phi) is 3.93. The van der Waals surface area contributed by atoms with Crippen LogP contribution in [0.2, 0.25) is 0 Å². The first-order chi connectivity index (χ1) is 8.93. The van der Waals surface area contributed by atoms with Crippen LogP contribution in [0.5, 0.6) is 0 Å². The van der Waals surface area contributed by atoms with Gasteiger partial charge in [0, 0.05) is 24.2 Å². The Hall–Kier alpha value is -1.37. The van der Waals surface area contributed by atoms with Gasteiger partial charge in [-0.3, -0.25) is 0 Å². The van der Waals surface area contributed by atoms with Crippen LogP contribution >= 0.6 is 11.3 Å². The summed E-state index contributed by atoms with van der Waals surface area (Å²) in [6, 6.07) is 8.78. The molecule has 1 aromatic heterocycles. The topological polar surface area (TPSA) is 63.4 Å². The second-order valence-electron chi connectivity index (χ2n) is 4.31. The standard InChI is InChI=1S/C13H16N2O2S2/c1-10-12(14)6-3-7-13(10)19(16,17)15(2)9-11-5-4-8-18-11/h3-8H,9,14H2,1-2H3. The first-order valence-electron chi connectivity index (χ1n) is 5.76. The normalized spacial score (nSPS) is 11.9. The second kappa shape index (κ2) is 5.32. The molecular weight excluding hydrogens is 280 g/mol. The van der Waals surface area contributed by atoms with E-state index in [-0.39, 0.29) is 4.90 Å². The first kappa shape index (κ1) is 14.0. The van der Waals surface area contributed by atoms with Crippen molar-refractivity contribution in [1.29, 1.82) is 0 Å². The lowest BCUT2D eigenvalue weighted by molar-refractivity contribution is 0.469. The molecule has 2 aromatic rings.